The number of carbonyl (C=O) groups is 6. The number of nitrogens with one attached hydrogen (secondary N) is 2. The van der Waals surface area contributed by atoms with Gasteiger partial charge in [0.2, 0.25) is 11.8 Å². The van der Waals surface area contributed by atoms with Crippen LogP contribution in [0, 0.1) is 53.3 Å². The number of carbonyl (C=O) groups excluding carboxylic acids is 5. The SMILES string of the molecule is C=C(C)C(=O)NCNC(=O)C1CC2C=CC1C2.O=C(O)C1CC2C=CC1C2.O=C(ON1C(=O)CCC1=O)C1CC2C=CC1C2. The van der Waals surface area contributed by atoms with E-state index in [1.807, 2.05) is 6.08 Å². The average Bonchev–Trinajstić information content (AvgIpc) is 3.86. The van der Waals surface area contributed by atoms with Gasteiger partial charge in [-0.25, -0.2) is 4.79 Å². The molecular weight excluding hydrogens is 566 g/mol. The molecule has 1 saturated heterocycles. The molecule has 7 aliphatic rings. The van der Waals surface area contributed by atoms with Crippen LogP contribution in [0.2, 0.25) is 0 Å². The van der Waals surface area contributed by atoms with Crippen LogP contribution in [0.4, 0.5) is 0 Å². The first-order valence-corrected chi connectivity index (χ1v) is 15.6. The minimum atomic E-state index is -0.614. The highest BCUT2D eigenvalue weighted by Gasteiger charge is 2.44. The van der Waals surface area contributed by atoms with E-state index in [-0.39, 0.29) is 55.0 Å². The number of hydrogen-bond donors (Lipinski definition) is 3. The summed E-state index contributed by atoms with van der Waals surface area (Å²) in [7, 11) is 0. The van der Waals surface area contributed by atoms with Crippen molar-refractivity contribution in [3.8, 4) is 0 Å². The van der Waals surface area contributed by atoms with Gasteiger partial charge in [-0.2, -0.15) is 0 Å². The van der Waals surface area contributed by atoms with Gasteiger partial charge in [-0.05, 0) is 81.0 Å². The van der Waals surface area contributed by atoms with Crippen LogP contribution in [-0.4, -0.2) is 52.4 Å². The third-order valence-corrected chi connectivity index (χ3v) is 9.88. The van der Waals surface area contributed by atoms with Gasteiger partial charge in [0.15, 0.2) is 0 Å². The zero-order valence-corrected chi connectivity index (χ0v) is 25.0. The lowest BCUT2D eigenvalue weighted by Crippen LogP contribution is -2.41. The number of allylic oxidation sites excluding steroid dienone is 6. The Hall–Kier alpha value is -4.02. The van der Waals surface area contributed by atoms with E-state index in [4.69, 9.17) is 9.94 Å². The van der Waals surface area contributed by atoms with Gasteiger partial charge in [0.05, 0.1) is 18.5 Å². The van der Waals surface area contributed by atoms with E-state index in [1.165, 1.54) is 0 Å². The highest BCUT2D eigenvalue weighted by Crippen LogP contribution is 2.45. The van der Waals surface area contributed by atoms with Gasteiger partial charge in [0.1, 0.15) is 0 Å². The second-order valence-corrected chi connectivity index (χ2v) is 13.0. The fraction of sp³-hybridized carbons (Fsp3) is 0.576. The molecule has 0 spiro atoms. The Morgan fingerprint density at radius 2 is 1.25 bits per heavy atom. The van der Waals surface area contributed by atoms with Gasteiger partial charge in [0.25, 0.3) is 11.8 Å². The molecule has 3 N–H and O–H groups in total. The highest BCUT2D eigenvalue weighted by atomic mass is 16.7. The van der Waals surface area contributed by atoms with Crippen LogP contribution in [0.25, 0.3) is 0 Å². The Labute approximate surface area is 256 Å². The summed E-state index contributed by atoms with van der Waals surface area (Å²) < 4.78 is 0. The summed E-state index contributed by atoms with van der Waals surface area (Å²) in [6.45, 7) is 5.35. The van der Waals surface area contributed by atoms with E-state index in [0.717, 1.165) is 38.5 Å². The zero-order chi connectivity index (χ0) is 31.5. The summed E-state index contributed by atoms with van der Waals surface area (Å²) in [5.41, 5.74) is 0.446. The number of nitrogens with zero attached hydrogens (tertiary/aromatic N) is 1. The van der Waals surface area contributed by atoms with Gasteiger partial charge in [-0.15, -0.1) is 5.06 Å². The lowest BCUT2D eigenvalue weighted by Gasteiger charge is -2.19. The van der Waals surface area contributed by atoms with Crippen LogP contribution in [0.3, 0.4) is 0 Å². The maximum atomic E-state index is 11.9. The lowest BCUT2D eigenvalue weighted by molar-refractivity contribution is -0.201. The number of hydrogen-bond acceptors (Lipinski definition) is 7. The molecule has 0 aromatic heterocycles. The van der Waals surface area contributed by atoms with Crippen molar-refractivity contribution in [1.82, 2.24) is 15.7 Å². The molecule has 0 aromatic rings. The highest BCUT2D eigenvalue weighted by molar-refractivity contribution is 6.01. The molecule has 11 nitrogen and oxygen atoms in total. The molecule has 236 valence electrons. The molecule has 9 atom stereocenters. The minimum absolute atomic E-state index is 0.0452. The van der Waals surface area contributed by atoms with Crippen LogP contribution in [0.1, 0.15) is 58.3 Å². The van der Waals surface area contributed by atoms with E-state index in [0.29, 0.717) is 40.2 Å². The van der Waals surface area contributed by atoms with Crippen LogP contribution in [0.5, 0.6) is 0 Å². The molecule has 3 saturated carbocycles. The summed E-state index contributed by atoms with van der Waals surface area (Å²) in [6, 6.07) is 0. The first kappa shape index (κ1) is 31.4. The predicted molar refractivity (Wildman–Crippen MR) is 157 cm³/mol. The second kappa shape index (κ2) is 13.3. The van der Waals surface area contributed by atoms with Crippen molar-refractivity contribution in [2.24, 2.45) is 53.3 Å². The summed E-state index contributed by atoms with van der Waals surface area (Å²) in [5, 5.41) is 14.7. The van der Waals surface area contributed by atoms with Gasteiger partial charge in [0, 0.05) is 24.3 Å². The standard InChI is InChI=1S/C13H18N2O2.C12H13NO4.C8H10O2/c1-8(2)12(16)14-7-15-13(17)11-6-9-3-4-10(11)5-9;14-10-3-4-11(15)13(10)17-12(16)9-6-7-1-2-8(9)5-7;9-8(10)7-4-5-1-2-6(7)3-5/h3-4,9-11H,1,5-7H2,2H3,(H,14,16)(H,15,17);1-2,7-9H,3-6H2;1-2,5-7H,3-4H2,(H,9,10). The monoisotopic (exact) mass is 607 g/mol. The van der Waals surface area contributed by atoms with Gasteiger partial charge in [-0.1, -0.05) is 43.0 Å². The Morgan fingerprint density at radius 3 is 1.64 bits per heavy atom. The molecule has 0 radical (unpaired) electrons. The van der Waals surface area contributed by atoms with Crippen molar-refractivity contribution >= 4 is 35.6 Å². The van der Waals surface area contributed by atoms with Crippen molar-refractivity contribution in [2.75, 3.05) is 6.67 Å². The molecular formula is C33H41N3O8. The van der Waals surface area contributed by atoms with E-state index < -0.39 is 23.8 Å². The fourth-order valence-corrected chi connectivity index (χ4v) is 7.51. The Bertz CT molecular complexity index is 1300. The minimum Gasteiger partial charge on any atom is -0.481 e. The molecule has 1 heterocycles. The fourth-order valence-electron chi connectivity index (χ4n) is 7.51. The first-order valence-electron chi connectivity index (χ1n) is 15.6. The zero-order valence-electron chi connectivity index (χ0n) is 25.0. The predicted octanol–water partition coefficient (Wildman–Crippen LogP) is 3.05. The molecule has 44 heavy (non-hydrogen) atoms. The van der Waals surface area contributed by atoms with Crippen LogP contribution >= 0.6 is 0 Å². The molecule has 0 aromatic carbocycles. The lowest BCUT2D eigenvalue weighted by atomic mass is 9.93. The van der Waals surface area contributed by atoms with E-state index in [1.54, 1.807) is 6.92 Å². The largest absolute Gasteiger partial charge is 0.481 e. The number of aliphatic carboxylic acids is 1. The summed E-state index contributed by atoms with van der Waals surface area (Å²) in [4.78, 5) is 73.1. The number of carboxylic acid groups (broad SMARTS) is 1. The molecule has 6 bridgehead atoms. The number of rotatable bonds is 7. The molecule has 11 heteroatoms. The summed E-state index contributed by atoms with van der Waals surface area (Å²) in [6.07, 6.45) is 18.8. The number of fused-ring (bicyclic) bond motifs is 6. The van der Waals surface area contributed by atoms with E-state index in [9.17, 15) is 28.8 Å². The molecule has 4 amide bonds. The quantitative estimate of drug-likeness (QED) is 0.172. The van der Waals surface area contributed by atoms with Gasteiger partial charge in [-0.3, -0.25) is 24.0 Å². The number of hydroxylamine groups is 2. The summed E-state index contributed by atoms with van der Waals surface area (Å²) in [5.74, 6) is 0.357. The van der Waals surface area contributed by atoms with Crippen molar-refractivity contribution < 1.29 is 38.7 Å². The van der Waals surface area contributed by atoms with Crippen molar-refractivity contribution in [2.45, 2.75) is 58.3 Å². The van der Waals surface area contributed by atoms with Crippen LogP contribution in [-0.2, 0) is 33.6 Å². The Kier molecular flexibility index (Phi) is 9.51. The molecule has 7 rings (SSSR count). The maximum Gasteiger partial charge on any atom is 0.336 e. The maximum absolute atomic E-state index is 11.9. The molecule has 1 aliphatic heterocycles. The molecule has 6 aliphatic carbocycles. The van der Waals surface area contributed by atoms with Crippen LogP contribution < -0.4 is 10.6 Å². The van der Waals surface area contributed by atoms with E-state index >= 15 is 0 Å². The number of imide groups is 1. The number of amides is 4. The first-order chi connectivity index (χ1) is 21.0. The smallest absolute Gasteiger partial charge is 0.336 e. The van der Waals surface area contributed by atoms with Crippen LogP contribution in [0.15, 0.2) is 48.6 Å². The Morgan fingerprint density at radius 1 is 0.773 bits per heavy atom. The van der Waals surface area contributed by atoms with Crippen molar-refractivity contribution in [1.29, 1.82) is 0 Å². The van der Waals surface area contributed by atoms with Crippen molar-refractivity contribution in [3.05, 3.63) is 48.6 Å². The molecule has 9 unspecified atom stereocenters. The Balaban J connectivity index is 0.000000136. The summed E-state index contributed by atoms with van der Waals surface area (Å²) >= 11 is 0. The van der Waals surface area contributed by atoms with Gasteiger partial charge < -0.3 is 20.6 Å². The molecule has 4 fully saturated rings. The topological polar surface area (TPSA) is 159 Å². The van der Waals surface area contributed by atoms with Crippen molar-refractivity contribution in [3.63, 3.8) is 0 Å². The number of carboxylic acids is 1. The third-order valence-electron chi connectivity index (χ3n) is 9.88. The second-order valence-electron chi connectivity index (χ2n) is 13.0. The van der Waals surface area contributed by atoms with Gasteiger partial charge >= 0.3 is 11.9 Å². The normalized spacial score (nSPS) is 34.4. The average molecular weight is 608 g/mol. The van der Waals surface area contributed by atoms with E-state index in [2.05, 4.69) is 47.6 Å². The third kappa shape index (κ3) is 7.03.